The second-order valence-corrected chi connectivity index (χ2v) is 5.33. The average Bonchev–Trinajstić information content (AvgIpc) is 2.92. The Bertz CT molecular complexity index is 984. The summed E-state index contributed by atoms with van der Waals surface area (Å²) in [6.45, 7) is 0.155. The number of nitrogens with zero attached hydrogens (tertiary/aromatic N) is 3. The quantitative estimate of drug-likeness (QED) is 0.567. The van der Waals surface area contributed by atoms with E-state index in [0.717, 1.165) is 0 Å². The first-order valence-electron chi connectivity index (χ1n) is 7.55. The number of aromatic hydroxyl groups is 1. The number of hydrogen-bond donors (Lipinski definition) is 2. The van der Waals surface area contributed by atoms with E-state index in [0.29, 0.717) is 16.5 Å². The average molecular weight is 333 g/mol. The summed E-state index contributed by atoms with van der Waals surface area (Å²) >= 11 is 0. The summed E-state index contributed by atoms with van der Waals surface area (Å²) in [5.41, 5.74) is 1.24. The van der Waals surface area contributed by atoms with E-state index in [1.807, 2.05) is 0 Å². The van der Waals surface area contributed by atoms with Crippen LogP contribution in [0.2, 0.25) is 0 Å². The number of benzene rings is 2. The third-order valence-electron chi connectivity index (χ3n) is 3.76. The molecule has 1 atom stereocenters. The third-order valence-corrected chi connectivity index (χ3v) is 3.76. The van der Waals surface area contributed by atoms with E-state index in [1.165, 1.54) is 4.57 Å². The molecule has 0 saturated carbocycles. The maximum Gasteiger partial charge on any atom is 0.297 e. The monoisotopic (exact) mass is 333 g/mol. The molecule has 0 spiro atoms. The molecule has 6 nitrogen and oxygen atoms in total. The number of rotatable bonds is 4. The minimum absolute atomic E-state index is 0.138. The molecule has 0 aliphatic carbocycles. The first-order valence-corrected chi connectivity index (χ1v) is 7.55. The fraction of sp³-hybridized carbons (Fsp3) is 0.105. The molecule has 25 heavy (non-hydrogen) atoms. The largest absolute Gasteiger partial charge is 0.493 e. The first-order chi connectivity index (χ1) is 12.1. The Hall–Kier alpha value is -3.43. The van der Waals surface area contributed by atoms with Crippen molar-refractivity contribution in [2.75, 3.05) is 0 Å². The van der Waals surface area contributed by atoms with Crippen LogP contribution >= 0.6 is 0 Å². The van der Waals surface area contributed by atoms with Crippen LogP contribution in [0.15, 0.2) is 64.8 Å². The molecule has 2 N–H and O–H groups in total. The second kappa shape index (κ2) is 6.99. The molecule has 124 valence electrons. The van der Waals surface area contributed by atoms with Crippen LogP contribution in [0.4, 0.5) is 5.69 Å². The lowest BCUT2D eigenvalue weighted by molar-refractivity contribution is -0.126. The Kier molecular flexibility index (Phi) is 4.59. The molecule has 2 aromatic carbocycles. The summed E-state index contributed by atoms with van der Waals surface area (Å²) in [6.07, 6.45) is 3.92. The number of aliphatic hydroxyl groups is 1. The molecule has 0 bridgehead atoms. The number of para-hydroxylation sites is 1. The maximum atomic E-state index is 12.1. The lowest BCUT2D eigenvalue weighted by Crippen LogP contribution is -2.08. The number of aliphatic hydroxyl groups excluding tert-OH is 1. The van der Waals surface area contributed by atoms with Crippen molar-refractivity contribution >= 4 is 22.5 Å². The molecular formula is C19H15N3O3. The van der Waals surface area contributed by atoms with Gasteiger partial charge < -0.3 is 10.2 Å². The highest BCUT2D eigenvalue weighted by atomic mass is 16.3. The molecule has 0 unspecified atom stereocenters. The van der Waals surface area contributed by atoms with Gasteiger partial charge in [0.05, 0.1) is 12.1 Å². The van der Waals surface area contributed by atoms with E-state index in [-0.39, 0.29) is 18.1 Å². The van der Waals surface area contributed by atoms with Crippen molar-refractivity contribution in [1.82, 2.24) is 4.57 Å². The highest BCUT2D eigenvalue weighted by Gasteiger charge is 2.19. The Morgan fingerprint density at radius 3 is 2.56 bits per heavy atom. The van der Waals surface area contributed by atoms with Crippen molar-refractivity contribution in [2.24, 2.45) is 10.2 Å². The van der Waals surface area contributed by atoms with Crippen molar-refractivity contribution in [2.45, 2.75) is 12.6 Å². The van der Waals surface area contributed by atoms with Crippen molar-refractivity contribution in [1.29, 1.82) is 0 Å². The second-order valence-electron chi connectivity index (χ2n) is 5.33. The van der Waals surface area contributed by atoms with Gasteiger partial charge in [0.25, 0.3) is 5.91 Å². The minimum atomic E-state index is -1.41. The maximum absolute atomic E-state index is 12.1. The van der Waals surface area contributed by atoms with Crippen LogP contribution in [0.1, 0.15) is 11.7 Å². The van der Waals surface area contributed by atoms with E-state index >= 15 is 0 Å². The minimum Gasteiger partial charge on any atom is -0.493 e. The highest BCUT2D eigenvalue weighted by molar-refractivity contribution is 5.95. The van der Waals surface area contributed by atoms with Gasteiger partial charge in [-0.15, -0.1) is 16.7 Å². The van der Waals surface area contributed by atoms with Crippen LogP contribution in [0.3, 0.4) is 0 Å². The lowest BCUT2D eigenvalue weighted by atomic mass is 10.1. The summed E-state index contributed by atoms with van der Waals surface area (Å²) in [4.78, 5) is 12.1. The van der Waals surface area contributed by atoms with Crippen LogP contribution < -0.4 is 0 Å². The number of fused-ring (bicyclic) bond motifs is 1. The van der Waals surface area contributed by atoms with Gasteiger partial charge in [-0.25, -0.2) is 0 Å². The van der Waals surface area contributed by atoms with Crippen LogP contribution in [0.25, 0.3) is 10.9 Å². The van der Waals surface area contributed by atoms with E-state index < -0.39 is 12.0 Å². The number of azo groups is 1. The van der Waals surface area contributed by atoms with Crippen molar-refractivity contribution in [3.05, 3.63) is 60.2 Å². The Balaban J connectivity index is 1.95. The molecule has 3 rings (SSSR count). The van der Waals surface area contributed by atoms with Crippen molar-refractivity contribution in [3.63, 3.8) is 0 Å². The van der Waals surface area contributed by atoms with Gasteiger partial charge in [0.1, 0.15) is 0 Å². The first kappa shape index (κ1) is 16.4. The SMILES string of the molecule is C#CCn1c(O)c(N=NC(=O)[C@H](O)c2ccccc2)c2ccccc21. The molecule has 1 amide bonds. The zero-order valence-corrected chi connectivity index (χ0v) is 13.2. The van der Waals surface area contributed by atoms with Crippen LogP contribution in [-0.4, -0.2) is 20.7 Å². The summed E-state index contributed by atoms with van der Waals surface area (Å²) in [6, 6.07) is 15.6. The molecule has 0 saturated heterocycles. The number of amides is 1. The molecule has 0 fully saturated rings. The number of terminal acetylenes is 1. The lowest BCUT2D eigenvalue weighted by Gasteiger charge is -2.04. The third kappa shape index (κ3) is 3.13. The van der Waals surface area contributed by atoms with Gasteiger partial charge in [0.2, 0.25) is 5.88 Å². The zero-order valence-electron chi connectivity index (χ0n) is 13.2. The predicted molar refractivity (Wildman–Crippen MR) is 93.4 cm³/mol. The fourth-order valence-corrected chi connectivity index (χ4v) is 2.55. The molecule has 3 aromatic rings. The van der Waals surface area contributed by atoms with Crippen LogP contribution in [0, 0.1) is 12.3 Å². The van der Waals surface area contributed by atoms with Gasteiger partial charge >= 0.3 is 0 Å². The van der Waals surface area contributed by atoms with Gasteiger partial charge in [0.15, 0.2) is 11.8 Å². The van der Waals surface area contributed by atoms with Gasteiger partial charge in [-0.3, -0.25) is 9.36 Å². The van der Waals surface area contributed by atoms with Crippen molar-refractivity contribution < 1.29 is 15.0 Å². The Labute approximate surface area is 144 Å². The van der Waals surface area contributed by atoms with Gasteiger partial charge in [-0.2, -0.15) is 0 Å². The molecule has 6 heteroatoms. The van der Waals surface area contributed by atoms with E-state index in [2.05, 4.69) is 16.1 Å². The summed E-state index contributed by atoms with van der Waals surface area (Å²) in [5.74, 6) is 1.46. The Morgan fingerprint density at radius 2 is 1.84 bits per heavy atom. The highest BCUT2D eigenvalue weighted by Crippen LogP contribution is 2.38. The molecular weight excluding hydrogens is 318 g/mol. The predicted octanol–water partition coefficient (Wildman–Crippen LogP) is 3.32. The van der Waals surface area contributed by atoms with E-state index in [9.17, 15) is 15.0 Å². The molecule has 1 aromatic heterocycles. The normalized spacial score (nSPS) is 12.3. The fourth-order valence-electron chi connectivity index (χ4n) is 2.55. The number of carbonyl (C=O) groups excluding carboxylic acids is 1. The molecule has 0 aliphatic heterocycles. The zero-order chi connectivity index (χ0) is 17.8. The van der Waals surface area contributed by atoms with Crippen LogP contribution in [-0.2, 0) is 11.3 Å². The summed E-state index contributed by atoms with van der Waals surface area (Å²) in [7, 11) is 0. The van der Waals surface area contributed by atoms with Gasteiger partial charge in [0, 0.05) is 5.39 Å². The number of hydrogen-bond acceptors (Lipinski definition) is 4. The standard InChI is InChI=1S/C19H15N3O3/c1-2-12-22-15-11-7-6-10-14(15)16(19(22)25)20-21-18(24)17(23)13-8-4-3-5-9-13/h1,3-11,17,23,25H,12H2/t17-/m1/s1. The van der Waals surface area contributed by atoms with Gasteiger partial charge in [-0.05, 0) is 11.6 Å². The summed E-state index contributed by atoms with van der Waals surface area (Å²) < 4.78 is 1.50. The summed E-state index contributed by atoms with van der Waals surface area (Å²) in [5, 5.41) is 28.4. The molecule has 1 heterocycles. The smallest absolute Gasteiger partial charge is 0.297 e. The van der Waals surface area contributed by atoms with Crippen molar-refractivity contribution in [3.8, 4) is 18.2 Å². The number of carbonyl (C=O) groups is 1. The molecule has 0 radical (unpaired) electrons. The van der Waals surface area contributed by atoms with Crippen LogP contribution in [0.5, 0.6) is 5.88 Å². The Morgan fingerprint density at radius 1 is 1.16 bits per heavy atom. The van der Waals surface area contributed by atoms with E-state index in [1.54, 1.807) is 54.6 Å². The topological polar surface area (TPSA) is 87.2 Å². The number of aromatic nitrogens is 1. The van der Waals surface area contributed by atoms with Gasteiger partial charge in [-0.1, -0.05) is 54.5 Å². The molecule has 0 aliphatic rings. The van der Waals surface area contributed by atoms with E-state index in [4.69, 9.17) is 6.42 Å².